The second-order valence-electron chi connectivity index (χ2n) is 5.70. The molecule has 0 unspecified atom stereocenters. The number of esters is 1. The number of carbonyl (C=O) groups is 2. The first-order valence-electron chi connectivity index (χ1n) is 7.68. The van der Waals surface area contributed by atoms with E-state index in [0.717, 1.165) is 10.6 Å². The van der Waals surface area contributed by atoms with Crippen molar-refractivity contribution in [3.63, 3.8) is 0 Å². The molecule has 2 rings (SSSR count). The lowest BCUT2D eigenvalue weighted by Gasteiger charge is -2.20. The summed E-state index contributed by atoms with van der Waals surface area (Å²) in [6.45, 7) is 1.69. The summed E-state index contributed by atoms with van der Waals surface area (Å²) in [5.41, 5.74) is 2.21. The molecule has 0 saturated carbocycles. The number of sulfonamides is 1. The van der Waals surface area contributed by atoms with Crippen molar-refractivity contribution in [2.45, 2.75) is 6.92 Å². The number of benzene rings is 2. The lowest BCUT2D eigenvalue weighted by Crippen LogP contribution is -2.26. The highest BCUT2D eigenvalue weighted by Crippen LogP contribution is 2.25. The first-order chi connectivity index (χ1) is 12.1. The first-order valence-corrected chi connectivity index (χ1v) is 9.53. The number of hydrogen-bond acceptors (Lipinski definition) is 5. The fourth-order valence-corrected chi connectivity index (χ4v) is 2.95. The van der Waals surface area contributed by atoms with E-state index in [2.05, 4.69) is 10.1 Å². The summed E-state index contributed by atoms with van der Waals surface area (Å²) < 4.78 is 29.3. The zero-order chi connectivity index (χ0) is 19.5. The molecule has 0 atom stereocenters. The van der Waals surface area contributed by atoms with Gasteiger partial charge >= 0.3 is 5.97 Å². The minimum atomic E-state index is -3.44. The molecule has 0 aliphatic heterocycles. The maximum absolute atomic E-state index is 12.6. The normalized spacial score (nSPS) is 10.9. The third-order valence-electron chi connectivity index (χ3n) is 3.95. The molecule has 2 aromatic rings. The van der Waals surface area contributed by atoms with Crippen LogP contribution >= 0.6 is 0 Å². The zero-order valence-electron chi connectivity index (χ0n) is 14.9. The molecule has 0 spiro atoms. The van der Waals surface area contributed by atoms with Gasteiger partial charge in [0.15, 0.2) is 0 Å². The fourth-order valence-electron chi connectivity index (χ4n) is 2.40. The van der Waals surface area contributed by atoms with Crippen molar-refractivity contribution in [3.8, 4) is 0 Å². The van der Waals surface area contributed by atoms with E-state index in [9.17, 15) is 18.0 Å². The topological polar surface area (TPSA) is 92.8 Å². The van der Waals surface area contributed by atoms with E-state index < -0.39 is 16.0 Å². The van der Waals surface area contributed by atoms with Crippen LogP contribution in [0, 0.1) is 6.92 Å². The van der Waals surface area contributed by atoms with Crippen molar-refractivity contribution in [1.82, 2.24) is 0 Å². The average Bonchev–Trinajstić information content (AvgIpc) is 2.60. The van der Waals surface area contributed by atoms with Gasteiger partial charge in [0.05, 0.1) is 24.6 Å². The standard InChI is InChI=1S/C18H20N2O5S/c1-12-15(6-5-7-16(12)20(2)26(4,23)24)17(21)19-14-10-8-13(9-11-14)18(22)25-3/h5-11H,1-4H3,(H,19,21). The number of ether oxygens (including phenoxy) is 1. The van der Waals surface area contributed by atoms with Gasteiger partial charge in [-0.05, 0) is 48.9 Å². The SMILES string of the molecule is COC(=O)c1ccc(NC(=O)c2cccc(N(C)S(C)(=O)=O)c2C)cc1. The molecule has 0 saturated heterocycles. The summed E-state index contributed by atoms with van der Waals surface area (Å²) in [5.74, 6) is -0.840. The monoisotopic (exact) mass is 376 g/mol. The summed E-state index contributed by atoms with van der Waals surface area (Å²) >= 11 is 0. The molecule has 0 fully saturated rings. The molecule has 0 aliphatic rings. The quantitative estimate of drug-likeness (QED) is 0.809. The number of rotatable bonds is 5. The van der Waals surface area contributed by atoms with Crippen molar-refractivity contribution < 1.29 is 22.7 Å². The molecule has 138 valence electrons. The second-order valence-corrected chi connectivity index (χ2v) is 7.72. The molecule has 0 radical (unpaired) electrons. The Morgan fingerprint density at radius 1 is 1.08 bits per heavy atom. The lowest BCUT2D eigenvalue weighted by molar-refractivity contribution is 0.0600. The number of hydrogen-bond donors (Lipinski definition) is 1. The van der Waals surface area contributed by atoms with Crippen LogP contribution in [0.15, 0.2) is 42.5 Å². The molecule has 0 bridgehead atoms. The van der Waals surface area contributed by atoms with E-state index in [1.165, 1.54) is 14.2 Å². The van der Waals surface area contributed by atoms with E-state index in [1.54, 1.807) is 49.4 Å². The van der Waals surface area contributed by atoms with Gasteiger partial charge in [-0.25, -0.2) is 13.2 Å². The van der Waals surface area contributed by atoms with E-state index in [0.29, 0.717) is 28.1 Å². The van der Waals surface area contributed by atoms with Crippen LogP contribution in [-0.2, 0) is 14.8 Å². The van der Waals surface area contributed by atoms with Crippen LogP contribution in [0.25, 0.3) is 0 Å². The Morgan fingerprint density at radius 3 is 2.23 bits per heavy atom. The van der Waals surface area contributed by atoms with Crippen LogP contribution < -0.4 is 9.62 Å². The van der Waals surface area contributed by atoms with Gasteiger partial charge in [0.25, 0.3) is 5.91 Å². The third kappa shape index (κ3) is 4.20. The molecule has 0 aromatic heterocycles. The number of nitrogens with one attached hydrogen (secondary N) is 1. The molecule has 2 aromatic carbocycles. The van der Waals surface area contributed by atoms with Crippen molar-refractivity contribution in [3.05, 3.63) is 59.2 Å². The number of methoxy groups -OCH3 is 1. The Kier molecular flexibility index (Phi) is 5.66. The highest BCUT2D eigenvalue weighted by molar-refractivity contribution is 7.92. The number of carbonyl (C=O) groups excluding carboxylic acids is 2. The molecular weight excluding hydrogens is 356 g/mol. The van der Waals surface area contributed by atoms with Gasteiger partial charge in [-0.1, -0.05) is 6.07 Å². The predicted molar refractivity (Wildman–Crippen MR) is 100 cm³/mol. The second kappa shape index (κ2) is 7.57. The van der Waals surface area contributed by atoms with Gasteiger partial charge < -0.3 is 10.1 Å². The van der Waals surface area contributed by atoms with Crippen molar-refractivity contribution in [2.24, 2.45) is 0 Å². The Balaban J connectivity index is 2.26. The number of amides is 1. The smallest absolute Gasteiger partial charge is 0.337 e. The van der Waals surface area contributed by atoms with Crippen molar-refractivity contribution in [2.75, 3.05) is 30.0 Å². The molecule has 26 heavy (non-hydrogen) atoms. The van der Waals surface area contributed by atoms with E-state index in [-0.39, 0.29) is 5.91 Å². The van der Waals surface area contributed by atoms with Crippen LogP contribution in [0.4, 0.5) is 11.4 Å². The number of anilines is 2. The maximum atomic E-state index is 12.6. The Labute approximate surface area is 152 Å². The average molecular weight is 376 g/mol. The summed E-state index contributed by atoms with van der Waals surface area (Å²) in [6, 6.07) is 11.1. The molecule has 1 amide bonds. The maximum Gasteiger partial charge on any atom is 0.337 e. The van der Waals surface area contributed by atoms with Gasteiger partial charge in [-0.15, -0.1) is 0 Å². The van der Waals surface area contributed by atoms with E-state index >= 15 is 0 Å². The van der Waals surface area contributed by atoms with Crippen LogP contribution in [0.3, 0.4) is 0 Å². The summed E-state index contributed by atoms with van der Waals surface area (Å²) in [7, 11) is -0.709. The largest absolute Gasteiger partial charge is 0.465 e. The van der Waals surface area contributed by atoms with Gasteiger partial charge in [-0.2, -0.15) is 0 Å². The van der Waals surface area contributed by atoms with Crippen LogP contribution in [0.5, 0.6) is 0 Å². The van der Waals surface area contributed by atoms with Gasteiger partial charge in [-0.3, -0.25) is 9.10 Å². The van der Waals surface area contributed by atoms with Gasteiger partial charge in [0.2, 0.25) is 10.0 Å². The fraction of sp³-hybridized carbons (Fsp3) is 0.222. The van der Waals surface area contributed by atoms with E-state index in [4.69, 9.17) is 0 Å². The Morgan fingerprint density at radius 2 is 1.69 bits per heavy atom. The Bertz CT molecular complexity index is 937. The highest BCUT2D eigenvalue weighted by Gasteiger charge is 2.18. The summed E-state index contributed by atoms with van der Waals surface area (Å²) in [4.78, 5) is 24.0. The summed E-state index contributed by atoms with van der Waals surface area (Å²) in [5, 5.41) is 2.73. The van der Waals surface area contributed by atoms with Crippen LogP contribution in [0.1, 0.15) is 26.3 Å². The van der Waals surface area contributed by atoms with Crippen molar-refractivity contribution in [1.29, 1.82) is 0 Å². The molecule has 1 N–H and O–H groups in total. The number of nitrogens with zero attached hydrogens (tertiary/aromatic N) is 1. The molecule has 8 heteroatoms. The zero-order valence-corrected chi connectivity index (χ0v) is 15.8. The molecule has 0 heterocycles. The van der Waals surface area contributed by atoms with Gasteiger partial charge in [0, 0.05) is 18.3 Å². The summed E-state index contributed by atoms with van der Waals surface area (Å²) in [6.07, 6.45) is 1.10. The molecular formula is C18H20N2O5S. The van der Waals surface area contributed by atoms with Crippen molar-refractivity contribution >= 4 is 33.3 Å². The minimum absolute atomic E-state index is 0.357. The Hall–Kier alpha value is -2.87. The van der Waals surface area contributed by atoms with Gasteiger partial charge in [0.1, 0.15) is 0 Å². The van der Waals surface area contributed by atoms with Crippen LogP contribution in [0.2, 0.25) is 0 Å². The third-order valence-corrected chi connectivity index (χ3v) is 5.14. The van der Waals surface area contributed by atoms with E-state index in [1.807, 2.05) is 0 Å². The van der Waals surface area contributed by atoms with Crippen LogP contribution in [-0.4, -0.2) is 40.7 Å². The highest BCUT2D eigenvalue weighted by atomic mass is 32.2. The molecule has 7 nitrogen and oxygen atoms in total. The first kappa shape index (κ1) is 19.5. The minimum Gasteiger partial charge on any atom is -0.465 e. The predicted octanol–water partition coefficient (Wildman–Crippen LogP) is 2.43. The molecule has 0 aliphatic carbocycles. The lowest BCUT2D eigenvalue weighted by atomic mass is 10.1.